The zero-order valence-electron chi connectivity index (χ0n) is 11.7. The van der Waals surface area contributed by atoms with Gasteiger partial charge in [-0.05, 0) is 25.2 Å². The Kier molecular flexibility index (Phi) is 6.56. The van der Waals surface area contributed by atoms with E-state index in [1.165, 1.54) is 32.1 Å². The van der Waals surface area contributed by atoms with Gasteiger partial charge in [0.1, 0.15) is 0 Å². The molecule has 0 radical (unpaired) electrons. The highest BCUT2D eigenvalue weighted by Gasteiger charge is 2.19. The molecule has 1 heterocycles. The topological polar surface area (TPSA) is 32.3 Å². The second-order valence-corrected chi connectivity index (χ2v) is 5.50. The molecule has 0 aromatic heterocycles. The molecule has 1 atom stereocenters. The first-order chi connectivity index (χ1) is 8.13. The van der Waals surface area contributed by atoms with Crippen LogP contribution in [-0.4, -0.2) is 36.5 Å². The number of carbonyl (C=O) groups is 1. The van der Waals surface area contributed by atoms with Gasteiger partial charge < -0.3 is 10.2 Å². The summed E-state index contributed by atoms with van der Waals surface area (Å²) in [5.41, 5.74) is 0. The highest BCUT2D eigenvalue weighted by atomic mass is 16.2. The highest BCUT2D eigenvalue weighted by Crippen LogP contribution is 2.21. The Bertz CT molecular complexity index is 228. The molecule has 1 saturated heterocycles. The summed E-state index contributed by atoms with van der Waals surface area (Å²) < 4.78 is 0. The summed E-state index contributed by atoms with van der Waals surface area (Å²) in [5, 5.41) is 3.21. The molecule has 1 unspecified atom stereocenters. The molecule has 17 heavy (non-hydrogen) atoms. The number of likely N-dealkylation sites (tertiary alicyclic amines) is 1. The summed E-state index contributed by atoms with van der Waals surface area (Å²) in [7, 11) is 0. The van der Waals surface area contributed by atoms with Gasteiger partial charge in [-0.1, -0.05) is 33.6 Å². The monoisotopic (exact) mass is 240 g/mol. The van der Waals surface area contributed by atoms with Gasteiger partial charge in [-0.25, -0.2) is 0 Å². The minimum Gasteiger partial charge on any atom is -0.342 e. The lowest BCUT2D eigenvalue weighted by molar-refractivity contribution is -0.130. The Morgan fingerprint density at radius 3 is 2.76 bits per heavy atom. The van der Waals surface area contributed by atoms with E-state index < -0.39 is 0 Å². The Morgan fingerprint density at radius 2 is 2.12 bits per heavy atom. The Balaban J connectivity index is 2.32. The molecule has 0 aliphatic carbocycles. The van der Waals surface area contributed by atoms with Crippen molar-refractivity contribution in [3.8, 4) is 0 Å². The molecule has 1 aliphatic rings. The number of hydrogen-bond donors (Lipinski definition) is 1. The fourth-order valence-electron chi connectivity index (χ4n) is 2.51. The van der Waals surface area contributed by atoms with E-state index in [1.807, 2.05) is 4.90 Å². The minimum atomic E-state index is 0.274. The smallest absolute Gasteiger partial charge is 0.236 e. The van der Waals surface area contributed by atoms with Crippen LogP contribution >= 0.6 is 0 Å². The third-order valence-corrected chi connectivity index (χ3v) is 3.56. The van der Waals surface area contributed by atoms with Crippen molar-refractivity contribution in [2.75, 3.05) is 19.6 Å². The van der Waals surface area contributed by atoms with E-state index in [0.29, 0.717) is 12.6 Å². The van der Waals surface area contributed by atoms with Crippen LogP contribution in [0.1, 0.15) is 52.9 Å². The van der Waals surface area contributed by atoms with Crippen LogP contribution in [0.5, 0.6) is 0 Å². The van der Waals surface area contributed by atoms with E-state index in [2.05, 4.69) is 26.1 Å². The molecule has 1 fully saturated rings. The van der Waals surface area contributed by atoms with Crippen LogP contribution in [0.15, 0.2) is 0 Å². The molecule has 1 aliphatic heterocycles. The van der Waals surface area contributed by atoms with E-state index in [4.69, 9.17) is 0 Å². The number of amides is 1. The maximum atomic E-state index is 12.0. The maximum Gasteiger partial charge on any atom is 0.236 e. The van der Waals surface area contributed by atoms with Crippen molar-refractivity contribution in [2.45, 2.75) is 58.9 Å². The lowest BCUT2D eigenvalue weighted by Crippen LogP contribution is -2.40. The molecular weight excluding hydrogens is 212 g/mol. The SMILES string of the molecule is CCCC1CCCN(C(=O)CNC(C)C)CC1. The summed E-state index contributed by atoms with van der Waals surface area (Å²) in [6.45, 7) is 8.82. The summed E-state index contributed by atoms with van der Waals surface area (Å²) in [6, 6.07) is 0.388. The van der Waals surface area contributed by atoms with Crippen molar-refractivity contribution in [3.05, 3.63) is 0 Å². The van der Waals surface area contributed by atoms with E-state index in [9.17, 15) is 4.79 Å². The summed E-state index contributed by atoms with van der Waals surface area (Å²) in [6.07, 6.45) is 6.27. The van der Waals surface area contributed by atoms with Gasteiger partial charge in [0, 0.05) is 19.1 Å². The lowest BCUT2D eigenvalue weighted by Gasteiger charge is -2.21. The molecule has 3 heteroatoms. The Hall–Kier alpha value is -0.570. The fraction of sp³-hybridized carbons (Fsp3) is 0.929. The second kappa shape index (κ2) is 7.70. The Labute approximate surface area is 106 Å². The fourth-order valence-corrected chi connectivity index (χ4v) is 2.51. The first-order valence-electron chi connectivity index (χ1n) is 7.14. The van der Waals surface area contributed by atoms with Gasteiger partial charge in [0.15, 0.2) is 0 Å². The van der Waals surface area contributed by atoms with Gasteiger partial charge in [-0.15, -0.1) is 0 Å². The zero-order chi connectivity index (χ0) is 12.7. The van der Waals surface area contributed by atoms with Crippen molar-refractivity contribution >= 4 is 5.91 Å². The van der Waals surface area contributed by atoms with Gasteiger partial charge in [0.25, 0.3) is 0 Å². The van der Waals surface area contributed by atoms with Crippen LogP contribution in [0.2, 0.25) is 0 Å². The maximum absolute atomic E-state index is 12.0. The summed E-state index contributed by atoms with van der Waals surface area (Å²) >= 11 is 0. The summed E-state index contributed by atoms with van der Waals surface area (Å²) in [5.74, 6) is 1.12. The van der Waals surface area contributed by atoms with Crippen LogP contribution in [0.3, 0.4) is 0 Å². The molecule has 100 valence electrons. The molecule has 1 N–H and O–H groups in total. The number of nitrogens with one attached hydrogen (secondary N) is 1. The van der Waals surface area contributed by atoms with Crippen molar-refractivity contribution < 1.29 is 4.79 Å². The number of rotatable bonds is 5. The molecule has 0 spiro atoms. The molecule has 0 aromatic rings. The average molecular weight is 240 g/mol. The third-order valence-electron chi connectivity index (χ3n) is 3.56. The van der Waals surface area contributed by atoms with Crippen LogP contribution in [0.25, 0.3) is 0 Å². The number of carbonyl (C=O) groups excluding carboxylic acids is 1. The highest BCUT2D eigenvalue weighted by molar-refractivity contribution is 5.78. The summed E-state index contributed by atoms with van der Waals surface area (Å²) in [4.78, 5) is 14.0. The molecule has 0 bridgehead atoms. The predicted octanol–water partition coefficient (Wildman–Crippen LogP) is 2.41. The van der Waals surface area contributed by atoms with Gasteiger partial charge in [-0.3, -0.25) is 4.79 Å². The van der Waals surface area contributed by atoms with Crippen molar-refractivity contribution in [1.82, 2.24) is 10.2 Å². The standard InChI is InChI=1S/C14H28N2O/c1-4-6-13-7-5-9-16(10-8-13)14(17)11-15-12(2)3/h12-13,15H,4-11H2,1-3H3. The quantitative estimate of drug-likeness (QED) is 0.800. The largest absolute Gasteiger partial charge is 0.342 e. The van der Waals surface area contributed by atoms with Crippen molar-refractivity contribution in [2.24, 2.45) is 5.92 Å². The van der Waals surface area contributed by atoms with Crippen molar-refractivity contribution in [1.29, 1.82) is 0 Å². The predicted molar refractivity (Wildman–Crippen MR) is 72.0 cm³/mol. The molecule has 0 saturated carbocycles. The molecule has 3 nitrogen and oxygen atoms in total. The number of nitrogens with zero attached hydrogens (tertiary/aromatic N) is 1. The van der Waals surface area contributed by atoms with E-state index in [-0.39, 0.29) is 5.91 Å². The van der Waals surface area contributed by atoms with Gasteiger partial charge >= 0.3 is 0 Å². The van der Waals surface area contributed by atoms with Gasteiger partial charge in [-0.2, -0.15) is 0 Å². The molecular formula is C14H28N2O. The first-order valence-corrected chi connectivity index (χ1v) is 7.14. The van der Waals surface area contributed by atoms with Crippen LogP contribution in [-0.2, 0) is 4.79 Å². The average Bonchev–Trinajstić information content (AvgIpc) is 2.52. The van der Waals surface area contributed by atoms with E-state index >= 15 is 0 Å². The molecule has 0 aromatic carbocycles. The second-order valence-electron chi connectivity index (χ2n) is 5.50. The van der Waals surface area contributed by atoms with Crippen LogP contribution < -0.4 is 5.32 Å². The molecule has 1 rings (SSSR count). The van der Waals surface area contributed by atoms with E-state index in [1.54, 1.807) is 0 Å². The lowest BCUT2D eigenvalue weighted by atomic mass is 9.96. The van der Waals surface area contributed by atoms with Crippen LogP contribution in [0, 0.1) is 5.92 Å². The normalized spacial score (nSPS) is 21.6. The Morgan fingerprint density at radius 1 is 1.35 bits per heavy atom. The third kappa shape index (κ3) is 5.53. The zero-order valence-corrected chi connectivity index (χ0v) is 11.7. The van der Waals surface area contributed by atoms with Crippen LogP contribution in [0.4, 0.5) is 0 Å². The molecule has 1 amide bonds. The van der Waals surface area contributed by atoms with E-state index in [0.717, 1.165) is 19.0 Å². The van der Waals surface area contributed by atoms with Gasteiger partial charge in [0.05, 0.1) is 6.54 Å². The van der Waals surface area contributed by atoms with Crippen molar-refractivity contribution in [3.63, 3.8) is 0 Å². The van der Waals surface area contributed by atoms with Gasteiger partial charge in [0.2, 0.25) is 5.91 Å². The minimum absolute atomic E-state index is 0.274. The number of hydrogen-bond acceptors (Lipinski definition) is 2. The first kappa shape index (κ1) is 14.5.